The number of ether oxygens (including phenoxy) is 1. The van der Waals surface area contributed by atoms with Gasteiger partial charge in [-0.1, -0.05) is 0 Å². The van der Waals surface area contributed by atoms with Crippen molar-refractivity contribution in [2.24, 2.45) is 0 Å². The number of H-pyrrole nitrogens is 1. The van der Waals surface area contributed by atoms with E-state index in [0.717, 1.165) is 0 Å². The fraction of sp³-hybridized carbons (Fsp3) is 0.545. The van der Waals surface area contributed by atoms with E-state index in [1.165, 1.54) is 12.3 Å². The molecule has 0 amide bonds. The third-order valence-electron chi connectivity index (χ3n) is 2.73. The van der Waals surface area contributed by atoms with Crippen molar-refractivity contribution >= 4 is 11.5 Å². The normalized spacial score (nSPS) is 12.7. The molecule has 0 aliphatic rings. The molecule has 7 nitrogen and oxygen atoms in total. The number of nitro groups is 1. The van der Waals surface area contributed by atoms with Crippen LogP contribution in [0.15, 0.2) is 12.3 Å². The molecule has 1 atom stereocenters. The van der Waals surface area contributed by atoms with Gasteiger partial charge in [0.05, 0.1) is 30.0 Å². The van der Waals surface area contributed by atoms with Gasteiger partial charge in [0.1, 0.15) is 0 Å². The molecule has 0 radical (unpaired) electrons. The van der Waals surface area contributed by atoms with Gasteiger partial charge in [-0.15, -0.1) is 0 Å². The summed E-state index contributed by atoms with van der Waals surface area (Å²) in [6.45, 7) is 2.64. The lowest BCUT2D eigenvalue weighted by Gasteiger charge is -2.22. The highest BCUT2D eigenvalue weighted by atomic mass is 16.6. The first kappa shape index (κ1) is 14.3. The van der Waals surface area contributed by atoms with Crippen molar-refractivity contribution in [2.45, 2.75) is 13.0 Å². The standard InChI is InChI=1S/C11H17N3O4/c1-8(7-18-3)13(2)6-11(15)10-4-9(5-12-10)14(16)17/h4-5,8,12H,6-7H2,1-3H3. The van der Waals surface area contributed by atoms with Crippen LogP contribution in [0.1, 0.15) is 17.4 Å². The molecule has 0 aliphatic carbocycles. The van der Waals surface area contributed by atoms with Crippen LogP contribution in [0.5, 0.6) is 0 Å². The zero-order valence-electron chi connectivity index (χ0n) is 10.7. The van der Waals surface area contributed by atoms with Crippen LogP contribution < -0.4 is 0 Å². The molecular formula is C11H17N3O4. The lowest BCUT2D eigenvalue weighted by atomic mass is 10.2. The van der Waals surface area contributed by atoms with Gasteiger partial charge in [0, 0.05) is 19.2 Å². The molecule has 0 spiro atoms. The third-order valence-corrected chi connectivity index (χ3v) is 2.73. The number of carbonyl (C=O) groups is 1. The van der Waals surface area contributed by atoms with Gasteiger partial charge in [0.25, 0.3) is 5.69 Å². The van der Waals surface area contributed by atoms with Crippen LogP contribution in [0.3, 0.4) is 0 Å². The Morgan fingerprint density at radius 1 is 1.67 bits per heavy atom. The predicted octanol–water partition coefficient (Wildman–Crippen LogP) is 1.07. The average molecular weight is 255 g/mol. The van der Waals surface area contributed by atoms with E-state index >= 15 is 0 Å². The Kier molecular flexibility index (Phi) is 4.99. The number of ketones is 1. The Hall–Kier alpha value is -1.73. The number of methoxy groups -OCH3 is 1. The average Bonchev–Trinajstić information content (AvgIpc) is 2.78. The van der Waals surface area contributed by atoms with E-state index in [1.54, 1.807) is 14.2 Å². The lowest BCUT2D eigenvalue weighted by molar-refractivity contribution is -0.384. The van der Waals surface area contributed by atoms with Crippen molar-refractivity contribution in [1.29, 1.82) is 0 Å². The second-order valence-corrected chi connectivity index (χ2v) is 4.17. The zero-order valence-corrected chi connectivity index (χ0v) is 10.7. The summed E-state index contributed by atoms with van der Waals surface area (Å²) in [5.41, 5.74) is 0.143. The van der Waals surface area contributed by atoms with Gasteiger partial charge < -0.3 is 9.72 Å². The zero-order chi connectivity index (χ0) is 13.7. The summed E-state index contributed by atoms with van der Waals surface area (Å²) in [6.07, 6.45) is 1.21. The summed E-state index contributed by atoms with van der Waals surface area (Å²) in [5.74, 6) is -0.187. The fourth-order valence-corrected chi connectivity index (χ4v) is 1.49. The monoisotopic (exact) mass is 255 g/mol. The minimum Gasteiger partial charge on any atom is -0.383 e. The van der Waals surface area contributed by atoms with E-state index in [2.05, 4.69) is 4.98 Å². The van der Waals surface area contributed by atoms with Crippen molar-refractivity contribution < 1.29 is 14.5 Å². The van der Waals surface area contributed by atoms with Gasteiger partial charge in [-0.3, -0.25) is 19.8 Å². The van der Waals surface area contributed by atoms with Crippen molar-refractivity contribution in [1.82, 2.24) is 9.88 Å². The molecule has 1 aromatic rings. The smallest absolute Gasteiger partial charge is 0.287 e. The van der Waals surface area contributed by atoms with E-state index in [0.29, 0.717) is 6.61 Å². The Morgan fingerprint density at radius 2 is 2.33 bits per heavy atom. The highest BCUT2D eigenvalue weighted by molar-refractivity contribution is 5.96. The summed E-state index contributed by atoms with van der Waals surface area (Å²) in [6, 6.07) is 1.35. The summed E-state index contributed by atoms with van der Waals surface area (Å²) in [7, 11) is 3.40. The molecule has 1 N–H and O–H groups in total. The molecular weight excluding hydrogens is 238 g/mol. The molecule has 0 aliphatic heterocycles. The van der Waals surface area contributed by atoms with E-state index in [-0.39, 0.29) is 29.8 Å². The summed E-state index contributed by atoms with van der Waals surface area (Å²) < 4.78 is 5.00. The molecule has 100 valence electrons. The number of rotatable bonds is 7. The van der Waals surface area contributed by atoms with E-state index in [4.69, 9.17) is 4.74 Å². The maximum Gasteiger partial charge on any atom is 0.287 e. The first-order chi connectivity index (χ1) is 8.45. The first-order valence-electron chi connectivity index (χ1n) is 5.51. The highest BCUT2D eigenvalue weighted by Crippen LogP contribution is 2.13. The lowest BCUT2D eigenvalue weighted by Crippen LogP contribution is -2.36. The molecule has 7 heteroatoms. The topological polar surface area (TPSA) is 88.5 Å². The molecule has 18 heavy (non-hydrogen) atoms. The quantitative estimate of drug-likeness (QED) is 0.447. The number of carbonyl (C=O) groups excluding carboxylic acids is 1. The number of Topliss-reactive ketones (excluding diaryl/α,β-unsaturated/α-hetero) is 1. The van der Waals surface area contributed by atoms with Gasteiger partial charge in [0.15, 0.2) is 5.78 Å². The molecule has 0 fully saturated rings. The summed E-state index contributed by atoms with van der Waals surface area (Å²) >= 11 is 0. The number of nitrogens with one attached hydrogen (secondary N) is 1. The van der Waals surface area contributed by atoms with E-state index < -0.39 is 4.92 Å². The number of hydrogen-bond donors (Lipinski definition) is 1. The molecule has 0 saturated carbocycles. The van der Waals surface area contributed by atoms with Crippen LogP contribution in [0.25, 0.3) is 0 Å². The molecule has 1 aromatic heterocycles. The summed E-state index contributed by atoms with van der Waals surface area (Å²) in [4.78, 5) is 26.3. The maximum absolute atomic E-state index is 11.9. The SMILES string of the molecule is COCC(C)N(C)CC(=O)c1cc([N+](=O)[O-])c[nH]1. The number of aromatic nitrogens is 1. The number of aromatic amines is 1. The van der Waals surface area contributed by atoms with Crippen LogP contribution in [-0.4, -0.2) is 53.9 Å². The van der Waals surface area contributed by atoms with Gasteiger partial charge in [-0.25, -0.2) is 0 Å². The van der Waals surface area contributed by atoms with Gasteiger partial charge in [-0.05, 0) is 14.0 Å². The van der Waals surface area contributed by atoms with Gasteiger partial charge in [0.2, 0.25) is 0 Å². The minimum atomic E-state index is -0.537. The summed E-state index contributed by atoms with van der Waals surface area (Å²) in [5, 5.41) is 10.5. The second kappa shape index (κ2) is 6.27. The maximum atomic E-state index is 11.9. The molecule has 1 heterocycles. The third kappa shape index (κ3) is 3.64. The molecule has 0 saturated heterocycles. The Bertz CT molecular complexity index is 430. The van der Waals surface area contributed by atoms with Crippen molar-refractivity contribution in [3.8, 4) is 0 Å². The Morgan fingerprint density at radius 3 is 2.83 bits per heavy atom. The van der Waals surface area contributed by atoms with Crippen LogP contribution >= 0.6 is 0 Å². The largest absolute Gasteiger partial charge is 0.383 e. The van der Waals surface area contributed by atoms with Crippen molar-refractivity contribution in [2.75, 3.05) is 27.3 Å². The van der Waals surface area contributed by atoms with Gasteiger partial charge in [-0.2, -0.15) is 0 Å². The Labute approximate surface area is 105 Å². The molecule has 0 bridgehead atoms. The van der Waals surface area contributed by atoms with Crippen LogP contribution in [-0.2, 0) is 4.74 Å². The second-order valence-electron chi connectivity index (χ2n) is 4.17. The predicted molar refractivity (Wildman–Crippen MR) is 65.7 cm³/mol. The number of nitrogens with zero attached hydrogens (tertiary/aromatic N) is 2. The van der Waals surface area contributed by atoms with Crippen LogP contribution in [0, 0.1) is 10.1 Å². The number of hydrogen-bond acceptors (Lipinski definition) is 5. The van der Waals surface area contributed by atoms with E-state index in [1.807, 2.05) is 11.8 Å². The van der Waals surface area contributed by atoms with Crippen molar-refractivity contribution in [3.05, 3.63) is 28.1 Å². The van der Waals surface area contributed by atoms with Crippen LogP contribution in [0.4, 0.5) is 5.69 Å². The fourth-order valence-electron chi connectivity index (χ4n) is 1.49. The molecule has 1 unspecified atom stereocenters. The minimum absolute atomic E-state index is 0.101. The van der Waals surface area contributed by atoms with Gasteiger partial charge >= 0.3 is 0 Å². The number of likely N-dealkylation sites (N-methyl/N-ethyl adjacent to an activating group) is 1. The van der Waals surface area contributed by atoms with Crippen LogP contribution in [0.2, 0.25) is 0 Å². The molecule has 0 aromatic carbocycles. The molecule has 1 rings (SSSR count). The Balaban J connectivity index is 2.61. The van der Waals surface area contributed by atoms with Crippen molar-refractivity contribution in [3.63, 3.8) is 0 Å². The van der Waals surface area contributed by atoms with E-state index in [9.17, 15) is 14.9 Å². The highest BCUT2D eigenvalue weighted by Gasteiger charge is 2.18. The first-order valence-corrected chi connectivity index (χ1v) is 5.51.